The van der Waals surface area contributed by atoms with Gasteiger partial charge in [-0.05, 0) is 25.5 Å². The van der Waals surface area contributed by atoms with Crippen molar-refractivity contribution in [2.75, 3.05) is 25.1 Å². The second kappa shape index (κ2) is 7.73. The Morgan fingerprint density at radius 2 is 1.87 bits per heavy atom. The minimum Gasteiger partial charge on any atom is -0.490 e. The van der Waals surface area contributed by atoms with E-state index in [0.29, 0.717) is 17.0 Å². The summed E-state index contributed by atoms with van der Waals surface area (Å²) in [6.45, 7) is -0.0472. The topological polar surface area (TPSA) is 102 Å². The molecule has 1 aromatic rings. The molecule has 0 aromatic heterocycles. The second-order valence-corrected chi connectivity index (χ2v) is 7.14. The normalized spacial score (nSPS) is 19.3. The number of halogens is 5. The van der Waals surface area contributed by atoms with Crippen molar-refractivity contribution in [2.45, 2.75) is 25.9 Å². The summed E-state index contributed by atoms with van der Waals surface area (Å²) in [5.41, 5.74) is 3.80. The number of primary amides is 1. The Kier molecular flexibility index (Phi) is 6.02. The molecule has 2 atom stereocenters. The monoisotopic (exact) mass is 437 g/mol. The number of nitrogens with one attached hydrogen (secondary N) is 1. The number of hydrogen-bond donors (Lipinski definition) is 2. The first-order valence-electron chi connectivity index (χ1n) is 8.67. The third kappa shape index (κ3) is 3.90. The highest BCUT2D eigenvalue weighted by Gasteiger charge is 2.59. The zero-order valence-corrected chi connectivity index (χ0v) is 16.3. The molecule has 0 bridgehead atoms. The van der Waals surface area contributed by atoms with Crippen molar-refractivity contribution in [3.63, 3.8) is 0 Å². The minimum atomic E-state index is -5.91. The predicted molar refractivity (Wildman–Crippen MR) is 94.9 cm³/mol. The van der Waals surface area contributed by atoms with Crippen molar-refractivity contribution < 1.29 is 41.1 Å². The molecule has 0 saturated carbocycles. The number of aryl methyl sites for hydroxylation is 1. The Morgan fingerprint density at radius 3 is 2.40 bits per heavy atom. The van der Waals surface area contributed by atoms with Crippen molar-refractivity contribution in [2.24, 2.45) is 17.1 Å². The maximum atomic E-state index is 13.2. The Labute approximate surface area is 168 Å². The number of carbonyl (C=O) groups is 3. The molecule has 3 amide bonds. The van der Waals surface area contributed by atoms with Gasteiger partial charge in [0.25, 0.3) is 0 Å². The van der Waals surface area contributed by atoms with E-state index in [0.717, 1.165) is 11.8 Å². The molecule has 1 aliphatic rings. The fourth-order valence-electron chi connectivity index (χ4n) is 3.01. The SMILES string of the molecule is Cc1cccc2c1OCC([C@@](C)(C(N)=O)C(=O)NCC(F)(F)C(F)(F)F)C(=O)N2C. The van der Waals surface area contributed by atoms with E-state index in [1.165, 1.54) is 12.4 Å². The molecule has 0 spiro atoms. The Morgan fingerprint density at radius 1 is 1.27 bits per heavy atom. The van der Waals surface area contributed by atoms with Crippen LogP contribution >= 0.6 is 0 Å². The lowest BCUT2D eigenvalue weighted by Gasteiger charge is -2.33. The van der Waals surface area contributed by atoms with Crippen molar-refractivity contribution >= 4 is 23.4 Å². The number of anilines is 1. The molecular formula is C18H20F5N3O4. The first-order chi connectivity index (χ1) is 13.6. The predicted octanol–water partition coefficient (Wildman–Crippen LogP) is 1.77. The van der Waals surface area contributed by atoms with Gasteiger partial charge >= 0.3 is 12.1 Å². The summed E-state index contributed by atoms with van der Waals surface area (Å²) in [6.07, 6.45) is -5.91. The Balaban J connectivity index is 2.37. The standard InChI is InChI=1S/C18H20F5N3O4/c1-9-5-4-6-11-12(9)30-7-10(13(27)26(11)3)16(2,14(24)28)15(29)25-8-17(19,20)18(21,22)23/h4-6,10H,7-8H2,1-3H3,(H2,24,28)(H,25,29)/t10?,16-/m0/s1. The summed E-state index contributed by atoms with van der Waals surface area (Å²) in [4.78, 5) is 38.7. The number of ether oxygens (including phenoxy) is 1. The van der Waals surface area contributed by atoms with Gasteiger partial charge in [0.2, 0.25) is 17.7 Å². The summed E-state index contributed by atoms with van der Waals surface area (Å²) >= 11 is 0. The second-order valence-electron chi connectivity index (χ2n) is 7.14. The number of hydrogen-bond acceptors (Lipinski definition) is 4. The first kappa shape index (κ1) is 23.4. The highest BCUT2D eigenvalue weighted by atomic mass is 19.4. The third-order valence-corrected chi connectivity index (χ3v) is 5.14. The van der Waals surface area contributed by atoms with Crippen LogP contribution in [0, 0.1) is 18.3 Å². The molecule has 0 saturated heterocycles. The molecular weight excluding hydrogens is 417 g/mol. The molecule has 1 aliphatic heterocycles. The molecule has 166 valence electrons. The largest absolute Gasteiger partial charge is 0.490 e. The van der Waals surface area contributed by atoms with E-state index in [1.54, 1.807) is 25.1 Å². The summed E-state index contributed by atoms with van der Waals surface area (Å²) in [5, 5.41) is 1.40. The Bertz CT molecular complexity index is 874. The quantitative estimate of drug-likeness (QED) is 0.542. The molecule has 1 aromatic carbocycles. The number of benzene rings is 1. The lowest BCUT2D eigenvalue weighted by molar-refractivity contribution is -0.278. The van der Waals surface area contributed by atoms with Crippen LogP contribution in [0.5, 0.6) is 5.75 Å². The van der Waals surface area contributed by atoms with Gasteiger partial charge in [-0.15, -0.1) is 0 Å². The molecule has 0 radical (unpaired) electrons. The molecule has 3 N–H and O–H groups in total. The third-order valence-electron chi connectivity index (χ3n) is 5.14. The van der Waals surface area contributed by atoms with Gasteiger partial charge in [-0.1, -0.05) is 12.1 Å². The average Bonchev–Trinajstić information content (AvgIpc) is 2.76. The lowest BCUT2D eigenvalue weighted by atomic mass is 9.74. The molecule has 30 heavy (non-hydrogen) atoms. The van der Waals surface area contributed by atoms with Gasteiger partial charge in [-0.25, -0.2) is 0 Å². The summed E-state index contributed by atoms with van der Waals surface area (Å²) in [7, 11) is 1.35. The number of rotatable bonds is 5. The van der Waals surface area contributed by atoms with Gasteiger partial charge in [-0.3, -0.25) is 14.4 Å². The fraction of sp³-hybridized carbons (Fsp3) is 0.500. The van der Waals surface area contributed by atoms with Crippen LogP contribution in [-0.4, -0.2) is 50.0 Å². The number of nitrogens with zero attached hydrogens (tertiary/aromatic N) is 1. The van der Waals surface area contributed by atoms with Gasteiger partial charge in [0.05, 0.1) is 18.2 Å². The molecule has 7 nitrogen and oxygen atoms in total. The summed E-state index contributed by atoms with van der Waals surface area (Å²) in [6, 6.07) is 4.88. The van der Waals surface area contributed by atoms with Crippen LogP contribution in [0.2, 0.25) is 0 Å². The van der Waals surface area contributed by atoms with E-state index in [1.807, 2.05) is 0 Å². The smallest absolute Gasteiger partial charge is 0.455 e. The summed E-state index contributed by atoms with van der Waals surface area (Å²) in [5.74, 6) is -10.2. The van der Waals surface area contributed by atoms with Gasteiger partial charge in [0, 0.05) is 7.05 Å². The first-order valence-corrected chi connectivity index (χ1v) is 8.67. The molecule has 12 heteroatoms. The van der Waals surface area contributed by atoms with Crippen molar-refractivity contribution in [3.8, 4) is 5.75 Å². The maximum absolute atomic E-state index is 13.2. The van der Waals surface area contributed by atoms with Crippen LogP contribution in [0.25, 0.3) is 0 Å². The van der Waals surface area contributed by atoms with E-state index in [4.69, 9.17) is 10.5 Å². The van der Waals surface area contributed by atoms with Crippen molar-refractivity contribution in [1.29, 1.82) is 0 Å². The number of fused-ring (bicyclic) bond motifs is 1. The van der Waals surface area contributed by atoms with Crippen LogP contribution < -0.4 is 20.7 Å². The number of carbonyl (C=O) groups excluding carboxylic acids is 3. The highest BCUT2D eigenvalue weighted by molar-refractivity contribution is 6.10. The molecule has 1 heterocycles. The maximum Gasteiger partial charge on any atom is 0.455 e. The van der Waals surface area contributed by atoms with E-state index in [9.17, 15) is 36.3 Å². The van der Waals surface area contributed by atoms with Crippen molar-refractivity contribution in [1.82, 2.24) is 5.32 Å². The van der Waals surface area contributed by atoms with Crippen LogP contribution in [0.15, 0.2) is 18.2 Å². The number of alkyl halides is 5. The van der Waals surface area contributed by atoms with Crippen LogP contribution in [0.3, 0.4) is 0 Å². The zero-order chi connectivity index (χ0) is 23.1. The summed E-state index contributed by atoms with van der Waals surface area (Å²) < 4.78 is 69.1. The van der Waals surface area contributed by atoms with Gasteiger partial charge in [0.1, 0.15) is 17.8 Å². The fourth-order valence-corrected chi connectivity index (χ4v) is 3.01. The average molecular weight is 437 g/mol. The lowest BCUT2D eigenvalue weighted by Crippen LogP contribution is -2.59. The molecule has 2 rings (SSSR count). The van der Waals surface area contributed by atoms with E-state index < -0.39 is 54.3 Å². The highest BCUT2D eigenvalue weighted by Crippen LogP contribution is 2.40. The van der Waals surface area contributed by atoms with E-state index in [2.05, 4.69) is 0 Å². The van der Waals surface area contributed by atoms with Gasteiger partial charge in [-0.2, -0.15) is 22.0 Å². The van der Waals surface area contributed by atoms with E-state index >= 15 is 0 Å². The van der Waals surface area contributed by atoms with Crippen molar-refractivity contribution in [3.05, 3.63) is 23.8 Å². The molecule has 1 unspecified atom stereocenters. The van der Waals surface area contributed by atoms with Gasteiger partial charge < -0.3 is 20.7 Å². The van der Waals surface area contributed by atoms with Gasteiger partial charge in [0.15, 0.2) is 0 Å². The molecule has 0 fully saturated rings. The van der Waals surface area contributed by atoms with Crippen LogP contribution in [0.1, 0.15) is 12.5 Å². The van der Waals surface area contributed by atoms with Crippen LogP contribution in [0.4, 0.5) is 27.6 Å². The van der Waals surface area contributed by atoms with E-state index in [-0.39, 0.29) is 0 Å². The van der Waals surface area contributed by atoms with Crippen LogP contribution in [-0.2, 0) is 14.4 Å². The molecule has 0 aliphatic carbocycles. The zero-order valence-electron chi connectivity index (χ0n) is 16.3. The minimum absolute atomic E-state index is 0.298. The number of para-hydroxylation sites is 1. The Hall–Kier alpha value is -2.92. The number of nitrogens with two attached hydrogens (primary N) is 1. The number of amides is 3.